The number of nitrogens with zero attached hydrogens (tertiary/aromatic N) is 1. The molecule has 2 aliphatic rings. The zero-order valence-electron chi connectivity index (χ0n) is 27.9. The topological polar surface area (TPSA) is 3.24 Å². The molecule has 3 heteroatoms. The number of para-hydroxylation sites is 2. The van der Waals surface area contributed by atoms with Crippen LogP contribution in [0, 0.1) is 0 Å². The van der Waals surface area contributed by atoms with Crippen LogP contribution in [-0.2, 0) is 0 Å². The summed E-state index contributed by atoms with van der Waals surface area (Å²) in [5, 5.41) is 0. The molecule has 0 amide bonds. The molecule has 0 saturated carbocycles. The number of hydrogen-bond acceptors (Lipinski definition) is 3. The van der Waals surface area contributed by atoms with Crippen LogP contribution in [0.3, 0.4) is 0 Å². The molecule has 9 rings (SSSR count). The van der Waals surface area contributed by atoms with Gasteiger partial charge < -0.3 is 4.90 Å². The highest BCUT2D eigenvalue weighted by molar-refractivity contribution is 8.00. The molecule has 0 aliphatic carbocycles. The fourth-order valence-electron chi connectivity index (χ4n) is 7.15. The van der Waals surface area contributed by atoms with E-state index in [9.17, 15) is 0 Å². The molecule has 2 aliphatic heterocycles. The van der Waals surface area contributed by atoms with Gasteiger partial charge in [-0.15, -0.1) is 0 Å². The Morgan fingerprint density at radius 2 is 0.980 bits per heavy atom. The lowest BCUT2D eigenvalue weighted by atomic mass is 9.89. The zero-order chi connectivity index (χ0) is 34.1. The van der Waals surface area contributed by atoms with Crippen molar-refractivity contribution in [3.63, 3.8) is 0 Å². The van der Waals surface area contributed by atoms with Crippen molar-refractivity contribution in [2.45, 2.75) is 19.6 Å². The van der Waals surface area contributed by atoms with E-state index >= 15 is 0 Å². The van der Waals surface area contributed by atoms with E-state index in [0.717, 1.165) is 28.1 Å². The molecule has 7 aromatic carbocycles. The maximum atomic E-state index is 4.52. The van der Waals surface area contributed by atoms with Gasteiger partial charge in [0, 0.05) is 48.2 Å². The molecular formula is C48H33NS2. The molecule has 0 saturated heterocycles. The van der Waals surface area contributed by atoms with Gasteiger partial charge >= 0.3 is 0 Å². The van der Waals surface area contributed by atoms with Gasteiger partial charge in [0.25, 0.3) is 0 Å². The summed E-state index contributed by atoms with van der Waals surface area (Å²) in [5.41, 5.74) is 14.0. The van der Waals surface area contributed by atoms with Gasteiger partial charge in [-0.1, -0.05) is 176 Å². The quantitative estimate of drug-likeness (QED) is 0.182. The molecule has 0 unspecified atom stereocenters. The van der Waals surface area contributed by atoms with Crippen LogP contribution in [0.1, 0.15) is 5.56 Å². The second kappa shape index (κ2) is 13.5. The van der Waals surface area contributed by atoms with Crippen LogP contribution in [0.4, 0.5) is 11.4 Å². The molecule has 0 bridgehead atoms. The van der Waals surface area contributed by atoms with Crippen molar-refractivity contribution in [1.82, 2.24) is 0 Å². The van der Waals surface area contributed by atoms with Gasteiger partial charge in [0.1, 0.15) is 0 Å². The third kappa shape index (κ3) is 5.75. The Labute approximate surface area is 308 Å². The van der Waals surface area contributed by atoms with Gasteiger partial charge in [-0.3, -0.25) is 0 Å². The van der Waals surface area contributed by atoms with Gasteiger partial charge in [-0.05, 0) is 75.4 Å². The molecule has 1 nitrogen and oxygen atoms in total. The molecule has 0 fully saturated rings. The number of rotatable bonds is 3. The first kappa shape index (κ1) is 31.3. The minimum Gasteiger partial charge on any atom is -0.316 e. The first-order valence-electron chi connectivity index (χ1n) is 17.1. The van der Waals surface area contributed by atoms with Crippen molar-refractivity contribution < 1.29 is 0 Å². The van der Waals surface area contributed by atoms with Crippen LogP contribution in [0.15, 0.2) is 214 Å². The van der Waals surface area contributed by atoms with E-state index in [1.54, 1.807) is 0 Å². The summed E-state index contributed by atoms with van der Waals surface area (Å²) in [5.74, 6) is 0. The highest BCUT2D eigenvalue weighted by atomic mass is 32.2. The minimum atomic E-state index is 0.979. The van der Waals surface area contributed by atoms with Crippen molar-refractivity contribution in [3.05, 3.63) is 200 Å². The largest absolute Gasteiger partial charge is 0.316 e. The lowest BCUT2D eigenvalue weighted by molar-refractivity contribution is 1.26. The summed E-state index contributed by atoms with van der Waals surface area (Å²) in [6, 6.07) is 59.4. The maximum Gasteiger partial charge on any atom is 0.0612 e. The predicted molar refractivity (Wildman–Crippen MR) is 219 cm³/mol. The van der Waals surface area contributed by atoms with E-state index in [2.05, 4.69) is 200 Å². The van der Waals surface area contributed by atoms with Crippen LogP contribution in [-0.4, -0.2) is 0 Å². The normalized spacial score (nSPS) is 14.4. The average Bonchev–Trinajstić information content (AvgIpc) is 3.18. The fraction of sp³-hybridized carbons (Fsp3) is 0. The van der Waals surface area contributed by atoms with Gasteiger partial charge in [0.15, 0.2) is 0 Å². The van der Waals surface area contributed by atoms with Crippen LogP contribution < -0.4 is 4.90 Å². The smallest absolute Gasteiger partial charge is 0.0612 e. The summed E-state index contributed by atoms with van der Waals surface area (Å²) >= 11 is 3.72. The number of allylic oxidation sites excluding steroid dienone is 4. The molecule has 2 heterocycles. The molecule has 0 aromatic heterocycles. The second-order valence-electron chi connectivity index (χ2n) is 12.6. The van der Waals surface area contributed by atoms with Gasteiger partial charge in [-0.2, -0.15) is 0 Å². The first-order valence-corrected chi connectivity index (χ1v) is 18.8. The molecule has 0 radical (unpaired) electrons. The number of anilines is 2. The molecular weight excluding hydrogens is 655 g/mol. The maximum absolute atomic E-state index is 4.52. The summed E-state index contributed by atoms with van der Waals surface area (Å²) in [6.45, 7) is 4.52. The Morgan fingerprint density at radius 1 is 0.412 bits per heavy atom. The van der Waals surface area contributed by atoms with E-state index < -0.39 is 0 Å². The fourth-order valence-corrected chi connectivity index (χ4v) is 9.52. The van der Waals surface area contributed by atoms with Crippen molar-refractivity contribution in [2.75, 3.05) is 4.90 Å². The Hall–Kier alpha value is -5.74. The van der Waals surface area contributed by atoms with Gasteiger partial charge in [0.2, 0.25) is 0 Å². The Kier molecular flexibility index (Phi) is 8.29. The van der Waals surface area contributed by atoms with Gasteiger partial charge in [-0.25, -0.2) is 0 Å². The van der Waals surface area contributed by atoms with E-state index in [0.29, 0.717) is 0 Å². The van der Waals surface area contributed by atoms with Crippen LogP contribution in [0.2, 0.25) is 0 Å². The summed E-state index contributed by atoms with van der Waals surface area (Å²) in [6.07, 6.45) is 8.44. The van der Waals surface area contributed by atoms with Crippen molar-refractivity contribution >= 4 is 40.5 Å². The third-order valence-corrected chi connectivity index (χ3v) is 11.8. The molecule has 7 aromatic rings. The molecule has 0 atom stereocenters. The minimum absolute atomic E-state index is 0.979. The number of hydrogen-bond donors (Lipinski definition) is 0. The third-order valence-electron chi connectivity index (χ3n) is 9.48. The highest BCUT2D eigenvalue weighted by Gasteiger charge is 2.26. The first-order chi connectivity index (χ1) is 25.2. The molecule has 51 heavy (non-hydrogen) atoms. The van der Waals surface area contributed by atoms with Crippen LogP contribution in [0.25, 0.3) is 50.1 Å². The Morgan fingerprint density at radius 3 is 1.78 bits per heavy atom. The molecule has 0 N–H and O–H groups in total. The van der Waals surface area contributed by atoms with Crippen molar-refractivity contribution in [1.29, 1.82) is 0 Å². The Balaban J connectivity index is 1.36. The van der Waals surface area contributed by atoms with Gasteiger partial charge in [0.05, 0.1) is 5.69 Å². The second-order valence-corrected chi connectivity index (χ2v) is 14.7. The van der Waals surface area contributed by atoms with E-state index in [4.69, 9.17) is 0 Å². The molecule has 242 valence electrons. The standard InChI is InChI=1S/C48H33NS2/c1-33-17-12-13-32-49(35-20-6-3-7-21-35)47-36(33)24-14-27-40(47)39-26-16-31-45-46(39)42-23-9-11-30-44(42)50-43-29-10-8-22-38(43)41-28-15-25-37(48(41)51-45)34-18-4-2-5-19-34/h2-32H,1H2/b17-12-,32-13-. The summed E-state index contributed by atoms with van der Waals surface area (Å²) < 4.78 is 0. The SMILES string of the molecule is C=C1/C=C\C=C/N(c2ccccc2)c2c1cccc2-c1cccc2c1-c1ccccc1Sc1ccccc1-c1cccc(-c3ccccc3)c1S2. The zero-order valence-corrected chi connectivity index (χ0v) is 29.5. The summed E-state index contributed by atoms with van der Waals surface area (Å²) in [4.78, 5) is 7.25. The Bertz CT molecular complexity index is 2490. The monoisotopic (exact) mass is 687 g/mol. The predicted octanol–water partition coefficient (Wildman–Crippen LogP) is 14.2. The average molecular weight is 688 g/mol. The van der Waals surface area contributed by atoms with Crippen molar-refractivity contribution in [2.24, 2.45) is 0 Å². The van der Waals surface area contributed by atoms with E-state index in [1.807, 2.05) is 23.5 Å². The number of benzene rings is 7. The highest BCUT2D eigenvalue weighted by Crippen LogP contribution is 2.54. The van der Waals surface area contributed by atoms with E-state index in [1.165, 1.54) is 58.5 Å². The lowest BCUT2D eigenvalue weighted by Crippen LogP contribution is -2.13. The lowest BCUT2D eigenvalue weighted by Gasteiger charge is -2.29. The molecule has 0 spiro atoms. The van der Waals surface area contributed by atoms with Crippen molar-refractivity contribution in [3.8, 4) is 44.5 Å². The number of fused-ring (bicyclic) bond motifs is 7. The van der Waals surface area contributed by atoms with Crippen LogP contribution >= 0.6 is 23.5 Å². The summed E-state index contributed by atoms with van der Waals surface area (Å²) in [7, 11) is 0. The van der Waals surface area contributed by atoms with Crippen LogP contribution in [0.5, 0.6) is 0 Å². The van der Waals surface area contributed by atoms with E-state index in [-0.39, 0.29) is 0 Å².